The van der Waals surface area contributed by atoms with Crippen molar-refractivity contribution in [1.82, 2.24) is 0 Å². The second-order valence-electron chi connectivity index (χ2n) is 4.04. The number of thioether (sulfide) groups is 1. The molecule has 4 nitrogen and oxygen atoms in total. The molecule has 20 heavy (non-hydrogen) atoms. The average Bonchev–Trinajstić information content (AvgIpc) is 2.95. The number of hydrogen-bond donors (Lipinski definition) is 1. The van der Waals surface area contributed by atoms with Crippen LogP contribution in [0.1, 0.15) is 23.2 Å². The molecule has 0 aliphatic carbocycles. The minimum atomic E-state index is -0.460. The highest BCUT2D eigenvalue weighted by Crippen LogP contribution is 2.27. The van der Waals surface area contributed by atoms with Crippen molar-refractivity contribution in [3.8, 4) is 0 Å². The summed E-state index contributed by atoms with van der Waals surface area (Å²) in [5, 5.41) is 3.32. The van der Waals surface area contributed by atoms with E-state index in [1.54, 1.807) is 23.9 Å². The molecule has 0 radical (unpaired) electrons. The molecule has 0 bridgehead atoms. The number of furan rings is 1. The standard InChI is InChI=1S/C15H17NO3S/c1-3-20-14-7-5-4-6-12(14)16-10-11-8-9-13(19-11)15(17)18-2/h4-9,16H,3,10H2,1-2H3. The van der Waals surface area contributed by atoms with Crippen LogP contribution in [0.3, 0.4) is 0 Å². The van der Waals surface area contributed by atoms with Crippen LogP contribution in [0, 0.1) is 0 Å². The fraction of sp³-hybridized carbons (Fsp3) is 0.267. The van der Waals surface area contributed by atoms with Gasteiger partial charge in [-0.25, -0.2) is 4.79 Å². The van der Waals surface area contributed by atoms with Gasteiger partial charge in [0, 0.05) is 10.6 Å². The molecule has 0 amide bonds. The maximum atomic E-state index is 11.3. The smallest absolute Gasteiger partial charge is 0.373 e. The van der Waals surface area contributed by atoms with E-state index < -0.39 is 5.97 Å². The zero-order chi connectivity index (χ0) is 14.4. The number of esters is 1. The van der Waals surface area contributed by atoms with Gasteiger partial charge in [0.05, 0.1) is 13.7 Å². The summed E-state index contributed by atoms with van der Waals surface area (Å²) < 4.78 is 10.0. The fourth-order valence-corrected chi connectivity index (χ4v) is 2.54. The number of nitrogens with one attached hydrogen (secondary N) is 1. The van der Waals surface area contributed by atoms with Crippen LogP contribution in [0.2, 0.25) is 0 Å². The van der Waals surface area contributed by atoms with Crippen molar-refractivity contribution in [2.24, 2.45) is 0 Å². The molecule has 106 valence electrons. The van der Waals surface area contributed by atoms with Crippen molar-refractivity contribution in [1.29, 1.82) is 0 Å². The molecule has 0 unspecified atom stereocenters. The normalized spacial score (nSPS) is 10.3. The van der Waals surface area contributed by atoms with Crippen LogP contribution >= 0.6 is 11.8 Å². The molecule has 0 spiro atoms. The van der Waals surface area contributed by atoms with Gasteiger partial charge in [0.25, 0.3) is 0 Å². The molecule has 0 atom stereocenters. The quantitative estimate of drug-likeness (QED) is 0.648. The van der Waals surface area contributed by atoms with Gasteiger partial charge in [-0.2, -0.15) is 0 Å². The van der Waals surface area contributed by atoms with Gasteiger partial charge in [-0.3, -0.25) is 0 Å². The summed E-state index contributed by atoms with van der Waals surface area (Å²) in [4.78, 5) is 12.5. The second-order valence-corrected chi connectivity index (χ2v) is 5.35. The van der Waals surface area contributed by atoms with Gasteiger partial charge < -0.3 is 14.5 Å². The van der Waals surface area contributed by atoms with Gasteiger partial charge in [-0.05, 0) is 30.0 Å². The third-order valence-electron chi connectivity index (χ3n) is 2.69. The summed E-state index contributed by atoms with van der Waals surface area (Å²) in [6.07, 6.45) is 0. The first-order valence-electron chi connectivity index (χ1n) is 6.37. The van der Waals surface area contributed by atoms with E-state index >= 15 is 0 Å². The minimum absolute atomic E-state index is 0.223. The Bertz CT molecular complexity index is 580. The Morgan fingerprint density at radius 2 is 2.10 bits per heavy atom. The highest BCUT2D eigenvalue weighted by atomic mass is 32.2. The Kier molecular flexibility index (Phi) is 5.12. The lowest BCUT2D eigenvalue weighted by Gasteiger charge is -2.09. The van der Waals surface area contributed by atoms with Crippen molar-refractivity contribution < 1.29 is 13.9 Å². The van der Waals surface area contributed by atoms with Crippen LogP contribution in [-0.2, 0) is 11.3 Å². The number of ether oxygens (including phenoxy) is 1. The summed E-state index contributed by atoms with van der Waals surface area (Å²) in [5.41, 5.74) is 1.07. The van der Waals surface area contributed by atoms with Crippen molar-refractivity contribution in [2.75, 3.05) is 18.2 Å². The number of para-hydroxylation sites is 1. The van der Waals surface area contributed by atoms with E-state index in [2.05, 4.69) is 23.0 Å². The number of benzene rings is 1. The summed E-state index contributed by atoms with van der Waals surface area (Å²) in [6.45, 7) is 2.65. The van der Waals surface area contributed by atoms with Crippen molar-refractivity contribution >= 4 is 23.4 Å². The van der Waals surface area contributed by atoms with E-state index in [9.17, 15) is 4.79 Å². The highest BCUT2D eigenvalue weighted by Gasteiger charge is 2.11. The molecule has 2 aromatic rings. The molecule has 2 rings (SSSR count). The third kappa shape index (κ3) is 3.57. The Balaban J connectivity index is 2.02. The Morgan fingerprint density at radius 1 is 1.30 bits per heavy atom. The summed E-state index contributed by atoms with van der Waals surface area (Å²) in [5.74, 6) is 1.48. The predicted molar refractivity (Wildman–Crippen MR) is 80.2 cm³/mol. The van der Waals surface area contributed by atoms with E-state index in [1.807, 2.05) is 18.2 Å². The lowest BCUT2D eigenvalue weighted by molar-refractivity contribution is 0.0563. The second kappa shape index (κ2) is 7.05. The molecular formula is C15H17NO3S. The number of methoxy groups -OCH3 is 1. The van der Waals surface area contributed by atoms with Crippen molar-refractivity contribution in [3.63, 3.8) is 0 Å². The van der Waals surface area contributed by atoms with Gasteiger partial charge in [0.2, 0.25) is 5.76 Å². The van der Waals surface area contributed by atoms with Crippen LogP contribution in [0.5, 0.6) is 0 Å². The number of hydrogen-bond acceptors (Lipinski definition) is 5. The van der Waals surface area contributed by atoms with Crippen LogP contribution in [0.25, 0.3) is 0 Å². The molecule has 1 aromatic carbocycles. The molecule has 1 aromatic heterocycles. The largest absolute Gasteiger partial charge is 0.463 e. The molecule has 0 aliphatic heterocycles. The first kappa shape index (κ1) is 14.5. The maximum Gasteiger partial charge on any atom is 0.373 e. The monoisotopic (exact) mass is 291 g/mol. The number of carbonyl (C=O) groups excluding carboxylic acids is 1. The summed E-state index contributed by atoms with van der Waals surface area (Å²) in [6, 6.07) is 11.5. The van der Waals surface area contributed by atoms with E-state index in [4.69, 9.17) is 4.42 Å². The van der Waals surface area contributed by atoms with E-state index in [-0.39, 0.29) is 5.76 Å². The van der Waals surface area contributed by atoms with Gasteiger partial charge >= 0.3 is 5.97 Å². The van der Waals surface area contributed by atoms with Crippen LogP contribution in [0.15, 0.2) is 45.7 Å². The molecule has 0 fully saturated rings. The van der Waals surface area contributed by atoms with E-state index in [0.717, 1.165) is 11.4 Å². The molecule has 1 N–H and O–H groups in total. The maximum absolute atomic E-state index is 11.3. The summed E-state index contributed by atoms with van der Waals surface area (Å²) in [7, 11) is 1.33. The first-order valence-corrected chi connectivity index (χ1v) is 7.36. The predicted octanol–water partition coefficient (Wildman–Crippen LogP) is 3.79. The van der Waals surface area contributed by atoms with Gasteiger partial charge in [0.15, 0.2) is 0 Å². The Morgan fingerprint density at radius 3 is 2.85 bits per heavy atom. The zero-order valence-electron chi connectivity index (χ0n) is 11.5. The zero-order valence-corrected chi connectivity index (χ0v) is 12.3. The van der Waals surface area contributed by atoms with Gasteiger partial charge in [-0.1, -0.05) is 19.1 Å². The highest BCUT2D eigenvalue weighted by molar-refractivity contribution is 7.99. The number of anilines is 1. The SMILES string of the molecule is CCSc1ccccc1NCc1ccc(C(=O)OC)o1. The third-order valence-corrected chi connectivity index (χ3v) is 3.64. The number of carbonyl (C=O) groups is 1. The first-order chi connectivity index (χ1) is 9.74. The topological polar surface area (TPSA) is 51.5 Å². The summed E-state index contributed by atoms with van der Waals surface area (Å²) >= 11 is 1.78. The van der Waals surface area contributed by atoms with Crippen molar-refractivity contribution in [3.05, 3.63) is 47.9 Å². The van der Waals surface area contributed by atoms with Gasteiger partial charge in [0.1, 0.15) is 5.76 Å². The molecule has 5 heteroatoms. The minimum Gasteiger partial charge on any atom is -0.463 e. The van der Waals surface area contributed by atoms with E-state index in [0.29, 0.717) is 12.3 Å². The lowest BCUT2D eigenvalue weighted by atomic mass is 10.3. The number of rotatable bonds is 6. The van der Waals surface area contributed by atoms with Crippen LogP contribution in [-0.4, -0.2) is 18.8 Å². The molecular weight excluding hydrogens is 274 g/mol. The van der Waals surface area contributed by atoms with Crippen LogP contribution < -0.4 is 5.32 Å². The average molecular weight is 291 g/mol. The van der Waals surface area contributed by atoms with Crippen molar-refractivity contribution in [2.45, 2.75) is 18.4 Å². The van der Waals surface area contributed by atoms with E-state index in [1.165, 1.54) is 12.0 Å². The molecule has 0 saturated carbocycles. The Hall–Kier alpha value is -1.88. The Labute approximate surface area is 122 Å². The fourth-order valence-electron chi connectivity index (χ4n) is 1.76. The molecule has 0 saturated heterocycles. The lowest BCUT2D eigenvalue weighted by Crippen LogP contribution is -2.01. The molecule has 0 aliphatic rings. The van der Waals surface area contributed by atoms with Crippen LogP contribution in [0.4, 0.5) is 5.69 Å². The van der Waals surface area contributed by atoms with Gasteiger partial charge in [-0.15, -0.1) is 11.8 Å². The molecule has 1 heterocycles.